The maximum absolute atomic E-state index is 14.9. The minimum Gasteiger partial charge on any atom is -0.429 e. The van der Waals surface area contributed by atoms with Crippen LogP contribution in [0.15, 0.2) is 54.6 Å². The van der Waals surface area contributed by atoms with Crippen LogP contribution in [-0.4, -0.2) is 5.78 Å². The lowest BCUT2D eigenvalue weighted by atomic mass is 10.1. The number of carbonyl (C=O) groups is 1. The number of aryl methyl sites for hydroxylation is 1. The standard InChI is InChI=1S/C30H19F7O2S2/c1-3-4-15-5-6-18(19(31)7-15)25-13-27-26(41-25)12-24(40-27)16-8-22(34)29(23(35)9-16)30(36,37)39-17-10-20(32)28(14(2)38)21(33)11-17/h5-13H,3-4H2,1-2H3. The zero-order chi connectivity index (χ0) is 29.6. The summed E-state index contributed by atoms with van der Waals surface area (Å²) in [7, 11) is 0. The number of thiophene rings is 2. The van der Waals surface area contributed by atoms with Crippen LogP contribution < -0.4 is 4.74 Å². The predicted molar refractivity (Wildman–Crippen MR) is 145 cm³/mol. The molecule has 0 spiro atoms. The monoisotopic (exact) mass is 608 g/mol. The molecule has 11 heteroatoms. The highest BCUT2D eigenvalue weighted by Crippen LogP contribution is 2.44. The quantitative estimate of drug-likeness (QED) is 0.129. The summed E-state index contributed by atoms with van der Waals surface area (Å²) in [5.41, 5.74) is -1.41. The summed E-state index contributed by atoms with van der Waals surface area (Å²) in [4.78, 5) is 12.4. The van der Waals surface area contributed by atoms with Crippen molar-refractivity contribution in [3.8, 4) is 26.6 Å². The van der Waals surface area contributed by atoms with Crippen molar-refractivity contribution in [2.24, 2.45) is 0 Å². The van der Waals surface area contributed by atoms with Crippen molar-refractivity contribution in [2.45, 2.75) is 32.8 Å². The molecule has 3 aromatic carbocycles. The van der Waals surface area contributed by atoms with Crippen LogP contribution in [0.4, 0.5) is 30.7 Å². The summed E-state index contributed by atoms with van der Waals surface area (Å²) in [5.74, 6) is -8.61. The van der Waals surface area contributed by atoms with Gasteiger partial charge < -0.3 is 4.74 Å². The van der Waals surface area contributed by atoms with E-state index >= 15 is 0 Å². The number of ether oxygens (including phenoxy) is 1. The second kappa shape index (κ2) is 10.9. The SMILES string of the molecule is CCCc1ccc(-c2cc3sc(-c4cc(F)c(C(F)(F)Oc5cc(F)c(C(C)=O)c(F)c5)c(F)c4)cc3s2)c(F)c1. The van der Waals surface area contributed by atoms with E-state index < -0.39 is 52.0 Å². The van der Waals surface area contributed by atoms with Crippen molar-refractivity contribution in [2.75, 3.05) is 0 Å². The number of carbonyl (C=O) groups excluding carboxylic acids is 1. The predicted octanol–water partition coefficient (Wildman–Crippen LogP) is 10.3. The smallest absolute Gasteiger partial charge is 0.429 e. The van der Waals surface area contributed by atoms with Crippen LogP contribution in [-0.2, 0) is 12.5 Å². The van der Waals surface area contributed by atoms with Crippen LogP contribution in [0, 0.1) is 29.1 Å². The number of rotatable bonds is 8. The molecule has 0 saturated carbocycles. The average molecular weight is 609 g/mol. The van der Waals surface area contributed by atoms with Crippen LogP contribution in [0.3, 0.4) is 0 Å². The Labute approximate surface area is 237 Å². The number of alkyl halides is 2. The molecule has 5 aromatic rings. The molecule has 0 aliphatic heterocycles. The molecule has 0 aliphatic rings. The maximum Gasteiger partial charge on any atom is 0.432 e. The van der Waals surface area contributed by atoms with Gasteiger partial charge in [-0.05, 0) is 54.8 Å². The Kier molecular flexibility index (Phi) is 7.69. The average Bonchev–Trinajstić information content (AvgIpc) is 3.42. The molecule has 2 heterocycles. The van der Waals surface area contributed by atoms with Crippen LogP contribution in [0.1, 0.15) is 41.8 Å². The van der Waals surface area contributed by atoms with Gasteiger partial charge in [-0.15, -0.1) is 22.7 Å². The van der Waals surface area contributed by atoms with Gasteiger partial charge in [0.15, 0.2) is 5.78 Å². The Balaban J connectivity index is 1.43. The van der Waals surface area contributed by atoms with E-state index in [1.807, 2.05) is 13.0 Å². The van der Waals surface area contributed by atoms with Crippen molar-refractivity contribution in [3.63, 3.8) is 0 Å². The topological polar surface area (TPSA) is 26.3 Å². The highest BCUT2D eigenvalue weighted by molar-refractivity contribution is 7.31. The number of ketones is 1. The molecule has 0 aliphatic carbocycles. The Morgan fingerprint density at radius 3 is 1.93 bits per heavy atom. The van der Waals surface area contributed by atoms with Gasteiger partial charge in [0.25, 0.3) is 0 Å². The molecule has 212 valence electrons. The minimum atomic E-state index is -4.65. The molecule has 2 aromatic heterocycles. The van der Waals surface area contributed by atoms with Crippen LogP contribution in [0.2, 0.25) is 0 Å². The summed E-state index contributed by atoms with van der Waals surface area (Å²) in [6.45, 7) is 2.88. The first-order valence-electron chi connectivity index (χ1n) is 12.3. The highest BCUT2D eigenvalue weighted by Gasteiger charge is 2.41. The number of halogens is 7. The largest absolute Gasteiger partial charge is 0.432 e. The molecule has 0 fully saturated rings. The molecule has 0 atom stereocenters. The first-order valence-corrected chi connectivity index (χ1v) is 13.9. The highest BCUT2D eigenvalue weighted by atomic mass is 32.1. The third kappa shape index (κ3) is 5.60. The minimum absolute atomic E-state index is 0.0208. The fourth-order valence-corrected chi connectivity index (χ4v) is 6.86. The number of Topliss-reactive ketones (excluding diaryl/α,β-unsaturated/α-hetero) is 1. The molecule has 5 rings (SSSR count). The second-order valence-corrected chi connectivity index (χ2v) is 11.4. The summed E-state index contributed by atoms with van der Waals surface area (Å²) >= 11 is 2.43. The van der Waals surface area contributed by atoms with Gasteiger partial charge in [-0.1, -0.05) is 25.5 Å². The van der Waals surface area contributed by atoms with Crippen LogP contribution in [0.25, 0.3) is 30.3 Å². The Morgan fingerprint density at radius 2 is 1.37 bits per heavy atom. The third-order valence-electron chi connectivity index (χ3n) is 6.28. The van der Waals surface area contributed by atoms with E-state index in [1.165, 1.54) is 17.4 Å². The van der Waals surface area contributed by atoms with Gasteiger partial charge >= 0.3 is 6.11 Å². The Bertz CT molecular complexity index is 1730. The van der Waals surface area contributed by atoms with Crippen LogP contribution in [0.5, 0.6) is 5.75 Å². The lowest BCUT2D eigenvalue weighted by molar-refractivity contribution is -0.189. The van der Waals surface area contributed by atoms with Crippen LogP contribution >= 0.6 is 22.7 Å². The van der Waals surface area contributed by atoms with E-state index in [4.69, 9.17) is 0 Å². The van der Waals surface area contributed by atoms with E-state index in [-0.39, 0.29) is 11.4 Å². The summed E-state index contributed by atoms with van der Waals surface area (Å²) < 4.78 is 108. The van der Waals surface area contributed by atoms with E-state index in [9.17, 15) is 35.5 Å². The molecular formula is C30H19F7O2S2. The Morgan fingerprint density at radius 1 is 0.780 bits per heavy atom. The van der Waals surface area contributed by atoms with Gasteiger partial charge in [0.05, 0.1) is 5.56 Å². The molecule has 0 radical (unpaired) electrons. The van der Waals surface area contributed by atoms with Crippen molar-refractivity contribution >= 4 is 37.9 Å². The van der Waals surface area contributed by atoms with Gasteiger partial charge in [0, 0.05) is 36.9 Å². The lowest BCUT2D eigenvalue weighted by Gasteiger charge is -2.20. The van der Waals surface area contributed by atoms with Crippen molar-refractivity contribution < 1.29 is 40.3 Å². The first kappa shape index (κ1) is 28.8. The zero-order valence-corrected chi connectivity index (χ0v) is 23.0. The fourth-order valence-electron chi connectivity index (χ4n) is 4.45. The van der Waals surface area contributed by atoms with E-state index in [1.54, 1.807) is 18.2 Å². The second-order valence-electron chi connectivity index (χ2n) is 9.27. The van der Waals surface area contributed by atoms with E-state index in [0.29, 0.717) is 49.0 Å². The molecule has 0 N–H and O–H groups in total. The van der Waals surface area contributed by atoms with Gasteiger partial charge in [0.2, 0.25) is 0 Å². The van der Waals surface area contributed by atoms with E-state index in [2.05, 4.69) is 4.74 Å². The maximum atomic E-state index is 14.9. The number of hydrogen-bond donors (Lipinski definition) is 0. The number of hydrogen-bond acceptors (Lipinski definition) is 4. The number of fused-ring (bicyclic) bond motifs is 1. The van der Waals surface area contributed by atoms with Gasteiger partial charge in [-0.2, -0.15) is 8.78 Å². The number of benzene rings is 3. The molecule has 41 heavy (non-hydrogen) atoms. The summed E-state index contributed by atoms with van der Waals surface area (Å²) in [6, 6.07) is 10.5. The molecule has 0 amide bonds. The molecule has 0 saturated heterocycles. The summed E-state index contributed by atoms with van der Waals surface area (Å²) in [5, 5.41) is 0. The fraction of sp³-hybridized carbons (Fsp3) is 0.167. The van der Waals surface area contributed by atoms with Gasteiger partial charge in [0.1, 0.15) is 40.4 Å². The zero-order valence-electron chi connectivity index (χ0n) is 21.4. The first-order chi connectivity index (χ1) is 19.4. The molecule has 0 bridgehead atoms. The molecule has 2 nitrogen and oxygen atoms in total. The van der Waals surface area contributed by atoms with Crippen molar-refractivity contribution in [1.82, 2.24) is 0 Å². The Hall–Kier alpha value is -3.70. The van der Waals surface area contributed by atoms with Gasteiger partial charge in [-0.25, -0.2) is 22.0 Å². The molecule has 0 unspecified atom stereocenters. The third-order valence-corrected chi connectivity index (χ3v) is 8.65. The van der Waals surface area contributed by atoms with E-state index in [0.717, 1.165) is 36.7 Å². The van der Waals surface area contributed by atoms with Crippen molar-refractivity contribution in [3.05, 3.63) is 100 Å². The lowest BCUT2D eigenvalue weighted by Crippen LogP contribution is -2.25. The van der Waals surface area contributed by atoms with Crippen molar-refractivity contribution in [1.29, 1.82) is 0 Å². The normalized spacial score (nSPS) is 11.8. The molecular weight excluding hydrogens is 589 g/mol. The summed E-state index contributed by atoms with van der Waals surface area (Å²) in [6.07, 6.45) is -3.00. The van der Waals surface area contributed by atoms with Gasteiger partial charge in [-0.3, -0.25) is 4.79 Å².